The second kappa shape index (κ2) is 6.46. The zero-order valence-electron chi connectivity index (χ0n) is 11.0. The van der Waals surface area contributed by atoms with Crippen molar-refractivity contribution >= 4 is 15.9 Å². The van der Waals surface area contributed by atoms with Gasteiger partial charge in [0.25, 0.3) is 0 Å². The topological polar surface area (TPSA) is 20.2 Å². The fraction of sp³-hybridized carbons (Fsp3) is 0.250. The normalized spacial score (nSPS) is 12.4. The van der Waals surface area contributed by atoms with Gasteiger partial charge in [0.2, 0.25) is 0 Å². The molecule has 0 heterocycles. The van der Waals surface area contributed by atoms with Crippen molar-refractivity contribution in [1.82, 2.24) is 0 Å². The molecule has 0 bridgehead atoms. The van der Waals surface area contributed by atoms with Crippen LogP contribution in [0.3, 0.4) is 0 Å². The zero-order valence-corrected chi connectivity index (χ0v) is 12.6. The van der Waals surface area contributed by atoms with Crippen molar-refractivity contribution < 1.29 is 13.9 Å². The molecule has 0 radical (unpaired) electrons. The summed E-state index contributed by atoms with van der Waals surface area (Å²) in [5.74, 6) is -1.48. The van der Waals surface area contributed by atoms with Crippen molar-refractivity contribution in [2.75, 3.05) is 0 Å². The van der Waals surface area contributed by atoms with Gasteiger partial charge < -0.3 is 5.11 Å². The minimum atomic E-state index is -1.20. The highest BCUT2D eigenvalue weighted by molar-refractivity contribution is 9.10. The van der Waals surface area contributed by atoms with Crippen LogP contribution in [0.5, 0.6) is 0 Å². The quantitative estimate of drug-likeness (QED) is 0.864. The minimum Gasteiger partial charge on any atom is -0.388 e. The molecule has 2 aromatic rings. The molecule has 20 heavy (non-hydrogen) atoms. The number of hydrogen-bond acceptors (Lipinski definition) is 1. The van der Waals surface area contributed by atoms with E-state index in [4.69, 9.17) is 0 Å². The van der Waals surface area contributed by atoms with Gasteiger partial charge in [-0.15, -0.1) is 0 Å². The molecule has 4 heteroatoms. The number of benzene rings is 2. The van der Waals surface area contributed by atoms with Crippen LogP contribution in [-0.4, -0.2) is 5.11 Å². The molecule has 1 nitrogen and oxygen atoms in total. The molecule has 1 unspecified atom stereocenters. The molecule has 106 valence electrons. The summed E-state index contributed by atoms with van der Waals surface area (Å²) >= 11 is 3.02. The molecule has 2 rings (SSSR count). The Labute approximate surface area is 125 Å². The van der Waals surface area contributed by atoms with Crippen LogP contribution >= 0.6 is 15.9 Å². The van der Waals surface area contributed by atoms with Crippen LogP contribution in [0.1, 0.15) is 29.7 Å². The highest BCUT2D eigenvalue weighted by Crippen LogP contribution is 2.27. The van der Waals surface area contributed by atoms with E-state index in [0.29, 0.717) is 4.47 Å². The molecule has 0 fully saturated rings. The molecule has 0 spiro atoms. The summed E-state index contributed by atoms with van der Waals surface area (Å²) in [6.07, 6.45) is -0.0891. The Morgan fingerprint density at radius 1 is 1.05 bits per heavy atom. The Morgan fingerprint density at radius 3 is 2.05 bits per heavy atom. The second-order valence-electron chi connectivity index (χ2n) is 4.67. The Balaban J connectivity index is 2.21. The Kier molecular flexibility index (Phi) is 4.89. The Hall–Kier alpha value is -1.26. The van der Waals surface area contributed by atoms with E-state index < -0.39 is 17.7 Å². The summed E-state index contributed by atoms with van der Waals surface area (Å²) in [6.45, 7) is 2.05. The van der Waals surface area contributed by atoms with Gasteiger partial charge in [0.05, 0.1) is 11.7 Å². The lowest BCUT2D eigenvalue weighted by atomic mass is 9.99. The lowest BCUT2D eigenvalue weighted by Gasteiger charge is -2.14. The standard InChI is InChI=1S/C16H15BrF2O/c1-2-10-3-5-11(6-4-10)7-15(20)16-13(18)8-12(17)9-14(16)19/h3-6,8-9,15,20H,2,7H2,1H3. The smallest absolute Gasteiger partial charge is 0.133 e. The first-order valence-corrected chi connectivity index (χ1v) is 7.21. The van der Waals surface area contributed by atoms with E-state index in [-0.39, 0.29) is 12.0 Å². The van der Waals surface area contributed by atoms with Gasteiger partial charge in [0.1, 0.15) is 11.6 Å². The number of aliphatic hydroxyl groups excluding tert-OH is 1. The van der Waals surface area contributed by atoms with E-state index in [0.717, 1.165) is 24.1 Å². The predicted molar refractivity (Wildman–Crippen MR) is 78.5 cm³/mol. The van der Waals surface area contributed by atoms with Gasteiger partial charge in [0, 0.05) is 10.9 Å². The number of aliphatic hydroxyl groups is 1. The SMILES string of the molecule is CCc1ccc(CC(O)c2c(F)cc(Br)cc2F)cc1. The summed E-state index contributed by atoms with van der Waals surface area (Å²) in [5.41, 5.74) is 1.74. The number of rotatable bonds is 4. The average molecular weight is 341 g/mol. The largest absolute Gasteiger partial charge is 0.388 e. The molecule has 1 N–H and O–H groups in total. The second-order valence-corrected chi connectivity index (χ2v) is 5.59. The van der Waals surface area contributed by atoms with Crippen molar-refractivity contribution in [2.24, 2.45) is 0 Å². The molecule has 0 aliphatic rings. The minimum absolute atomic E-state index is 0.180. The summed E-state index contributed by atoms with van der Waals surface area (Å²) in [6, 6.07) is 9.96. The summed E-state index contributed by atoms with van der Waals surface area (Å²) in [5, 5.41) is 10.1. The third-order valence-corrected chi connectivity index (χ3v) is 3.70. The molecule has 1 atom stereocenters. The lowest BCUT2D eigenvalue weighted by Crippen LogP contribution is -2.07. The molecule has 0 aliphatic heterocycles. The molecular weight excluding hydrogens is 326 g/mol. The fourth-order valence-electron chi connectivity index (χ4n) is 2.11. The molecule has 0 saturated heterocycles. The molecular formula is C16H15BrF2O. The van der Waals surface area contributed by atoms with Gasteiger partial charge in [-0.25, -0.2) is 8.78 Å². The zero-order chi connectivity index (χ0) is 14.7. The molecule has 0 saturated carbocycles. The monoisotopic (exact) mass is 340 g/mol. The van der Waals surface area contributed by atoms with Gasteiger partial charge in [-0.2, -0.15) is 0 Å². The van der Waals surface area contributed by atoms with Crippen LogP contribution in [-0.2, 0) is 12.8 Å². The van der Waals surface area contributed by atoms with E-state index in [2.05, 4.69) is 22.9 Å². The highest BCUT2D eigenvalue weighted by atomic mass is 79.9. The lowest BCUT2D eigenvalue weighted by molar-refractivity contribution is 0.168. The van der Waals surface area contributed by atoms with Crippen molar-refractivity contribution in [2.45, 2.75) is 25.9 Å². The first-order valence-electron chi connectivity index (χ1n) is 6.41. The van der Waals surface area contributed by atoms with E-state index >= 15 is 0 Å². The van der Waals surface area contributed by atoms with Crippen LogP contribution < -0.4 is 0 Å². The van der Waals surface area contributed by atoms with Gasteiger partial charge in [-0.05, 0) is 29.7 Å². The maximum atomic E-state index is 13.8. The van der Waals surface area contributed by atoms with Crippen molar-refractivity contribution in [3.8, 4) is 0 Å². The Morgan fingerprint density at radius 2 is 1.55 bits per heavy atom. The summed E-state index contributed by atoms with van der Waals surface area (Å²) in [4.78, 5) is 0. The van der Waals surface area contributed by atoms with Gasteiger partial charge in [0.15, 0.2) is 0 Å². The van der Waals surface area contributed by atoms with Gasteiger partial charge in [-0.1, -0.05) is 47.1 Å². The van der Waals surface area contributed by atoms with Crippen LogP contribution in [0.4, 0.5) is 8.78 Å². The number of aryl methyl sites for hydroxylation is 1. The van der Waals surface area contributed by atoms with E-state index in [1.165, 1.54) is 5.56 Å². The Bertz CT molecular complexity index is 573. The van der Waals surface area contributed by atoms with Crippen LogP contribution in [0.2, 0.25) is 0 Å². The first kappa shape index (κ1) is 15.1. The molecule has 2 aromatic carbocycles. The van der Waals surface area contributed by atoms with Crippen molar-refractivity contribution in [3.63, 3.8) is 0 Å². The van der Waals surface area contributed by atoms with Crippen LogP contribution in [0.25, 0.3) is 0 Å². The third kappa shape index (κ3) is 3.44. The van der Waals surface area contributed by atoms with E-state index in [9.17, 15) is 13.9 Å². The maximum Gasteiger partial charge on any atom is 0.133 e. The van der Waals surface area contributed by atoms with Crippen molar-refractivity contribution in [3.05, 3.63) is 69.2 Å². The average Bonchev–Trinajstić information content (AvgIpc) is 2.38. The van der Waals surface area contributed by atoms with Gasteiger partial charge in [-0.3, -0.25) is 0 Å². The highest BCUT2D eigenvalue weighted by Gasteiger charge is 2.19. The molecule has 0 amide bonds. The van der Waals surface area contributed by atoms with Crippen LogP contribution in [0.15, 0.2) is 40.9 Å². The van der Waals surface area contributed by atoms with E-state index in [1.807, 2.05) is 24.3 Å². The van der Waals surface area contributed by atoms with E-state index in [1.54, 1.807) is 0 Å². The summed E-state index contributed by atoms with van der Waals surface area (Å²) in [7, 11) is 0. The maximum absolute atomic E-state index is 13.8. The number of hydrogen-bond donors (Lipinski definition) is 1. The van der Waals surface area contributed by atoms with Gasteiger partial charge >= 0.3 is 0 Å². The molecule has 0 aliphatic carbocycles. The third-order valence-electron chi connectivity index (χ3n) is 3.24. The predicted octanol–water partition coefficient (Wildman–Crippen LogP) is 4.57. The van der Waals surface area contributed by atoms with Crippen LogP contribution in [0, 0.1) is 11.6 Å². The van der Waals surface area contributed by atoms with Crippen molar-refractivity contribution in [1.29, 1.82) is 0 Å². The summed E-state index contributed by atoms with van der Waals surface area (Å²) < 4.78 is 27.8. The fourth-order valence-corrected chi connectivity index (χ4v) is 2.51. The first-order chi connectivity index (χ1) is 9.51. The molecule has 0 aromatic heterocycles. The number of halogens is 3.